The maximum Gasteiger partial charge on any atom is 0.203 e. The van der Waals surface area contributed by atoms with Gasteiger partial charge in [0.05, 0.1) is 32.5 Å². The molecule has 0 aliphatic carbocycles. The van der Waals surface area contributed by atoms with E-state index in [1.165, 1.54) is 0 Å². The lowest BCUT2D eigenvalue weighted by Crippen LogP contribution is -2.31. The van der Waals surface area contributed by atoms with Crippen molar-refractivity contribution in [3.8, 4) is 28.7 Å². The molecule has 0 amide bonds. The first-order valence-corrected chi connectivity index (χ1v) is 13.7. The van der Waals surface area contributed by atoms with Gasteiger partial charge in [0.25, 0.3) is 0 Å². The lowest BCUT2D eigenvalue weighted by molar-refractivity contribution is 0.0194. The van der Waals surface area contributed by atoms with Gasteiger partial charge in [0, 0.05) is 17.5 Å². The Kier molecular flexibility index (Phi) is 11.1. The molecule has 200 valence electrons. The highest BCUT2D eigenvalue weighted by Gasteiger charge is 2.33. The Labute approximate surface area is 216 Å². The number of hydrogen-bond acceptors (Lipinski definition) is 6. The Morgan fingerprint density at radius 2 is 1.36 bits per heavy atom. The number of aryl methyl sites for hydroxylation is 1. The van der Waals surface area contributed by atoms with Crippen molar-refractivity contribution in [1.29, 1.82) is 0 Å². The number of rotatable bonds is 15. The van der Waals surface area contributed by atoms with Crippen LogP contribution in [0.5, 0.6) is 28.7 Å². The standard InChI is InChI=1S/C30H44O6/c1-6-10-13-33-27-18-22(19-28(34-14-11-7-2)30(27)35-15-12-8-3)29-24(31)20-23-25(32-9-4)16-21(5)17-26(23)36-29/h16-19,24,29,31H,6-15,20H2,1-5H3. The Hall–Kier alpha value is -2.60. The number of benzene rings is 2. The van der Waals surface area contributed by atoms with Gasteiger partial charge in [0.2, 0.25) is 5.75 Å². The fraction of sp³-hybridized carbons (Fsp3) is 0.600. The average Bonchev–Trinajstić information content (AvgIpc) is 2.85. The molecular formula is C30H44O6. The smallest absolute Gasteiger partial charge is 0.203 e. The summed E-state index contributed by atoms with van der Waals surface area (Å²) in [6.07, 6.45) is 5.11. The van der Waals surface area contributed by atoms with Gasteiger partial charge in [-0.3, -0.25) is 0 Å². The van der Waals surface area contributed by atoms with Crippen LogP contribution in [0.1, 0.15) is 89.0 Å². The van der Waals surface area contributed by atoms with E-state index in [0.29, 0.717) is 50.1 Å². The second-order valence-electron chi connectivity index (χ2n) is 9.44. The van der Waals surface area contributed by atoms with Crippen LogP contribution in [0.25, 0.3) is 0 Å². The molecule has 0 spiro atoms. The van der Waals surface area contributed by atoms with Crippen LogP contribution in [-0.2, 0) is 6.42 Å². The summed E-state index contributed by atoms with van der Waals surface area (Å²) in [5, 5.41) is 11.2. The highest BCUT2D eigenvalue weighted by molar-refractivity contribution is 5.56. The van der Waals surface area contributed by atoms with Gasteiger partial charge in [-0.2, -0.15) is 0 Å². The van der Waals surface area contributed by atoms with E-state index in [4.69, 9.17) is 23.7 Å². The van der Waals surface area contributed by atoms with Gasteiger partial charge in [-0.15, -0.1) is 0 Å². The molecular weight excluding hydrogens is 456 g/mol. The van der Waals surface area contributed by atoms with Crippen LogP contribution in [-0.4, -0.2) is 37.6 Å². The molecule has 0 saturated heterocycles. The van der Waals surface area contributed by atoms with E-state index >= 15 is 0 Å². The number of fused-ring (bicyclic) bond motifs is 1. The maximum atomic E-state index is 11.2. The number of hydrogen-bond donors (Lipinski definition) is 1. The summed E-state index contributed by atoms with van der Waals surface area (Å²) in [5.74, 6) is 3.45. The summed E-state index contributed by atoms with van der Waals surface area (Å²) < 4.78 is 30.8. The Bertz CT molecular complexity index is 926. The molecule has 0 aromatic heterocycles. The third-order valence-corrected chi connectivity index (χ3v) is 6.26. The Balaban J connectivity index is 1.99. The molecule has 1 aliphatic rings. The summed E-state index contributed by atoms with van der Waals surface area (Å²) in [5.41, 5.74) is 2.78. The molecule has 1 heterocycles. The number of aliphatic hydroxyl groups excluding tert-OH is 1. The van der Waals surface area contributed by atoms with E-state index in [-0.39, 0.29) is 0 Å². The number of ether oxygens (including phenoxy) is 5. The number of aliphatic hydroxyl groups is 1. The van der Waals surface area contributed by atoms with Crippen LogP contribution in [0.3, 0.4) is 0 Å². The van der Waals surface area contributed by atoms with Crippen LogP contribution < -0.4 is 23.7 Å². The quantitative estimate of drug-likeness (QED) is 0.267. The van der Waals surface area contributed by atoms with E-state index in [0.717, 1.165) is 66.7 Å². The highest BCUT2D eigenvalue weighted by Crippen LogP contribution is 2.45. The van der Waals surface area contributed by atoms with E-state index in [2.05, 4.69) is 20.8 Å². The Morgan fingerprint density at radius 1 is 0.778 bits per heavy atom. The van der Waals surface area contributed by atoms with Crippen LogP contribution in [0, 0.1) is 6.92 Å². The fourth-order valence-electron chi connectivity index (χ4n) is 4.25. The van der Waals surface area contributed by atoms with Crippen molar-refractivity contribution in [3.63, 3.8) is 0 Å². The van der Waals surface area contributed by atoms with Gasteiger partial charge in [-0.25, -0.2) is 0 Å². The lowest BCUT2D eigenvalue weighted by atomic mass is 9.93. The molecule has 1 N–H and O–H groups in total. The summed E-state index contributed by atoms with van der Waals surface area (Å²) in [4.78, 5) is 0. The molecule has 3 rings (SSSR count). The second kappa shape index (κ2) is 14.2. The van der Waals surface area contributed by atoms with Crippen molar-refractivity contribution in [2.75, 3.05) is 26.4 Å². The van der Waals surface area contributed by atoms with Gasteiger partial charge in [-0.1, -0.05) is 40.0 Å². The zero-order valence-corrected chi connectivity index (χ0v) is 22.7. The molecule has 0 radical (unpaired) electrons. The van der Waals surface area contributed by atoms with Crippen molar-refractivity contribution < 1.29 is 28.8 Å². The summed E-state index contributed by atoms with van der Waals surface area (Å²) in [6, 6.07) is 7.90. The van der Waals surface area contributed by atoms with Crippen molar-refractivity contribution in [2.24, 2.45) is 0 Å². The minimum absolute atomic E-state index is 0.447. The molecule has 0 fully saturated rings. The molecule has 2 aromatic carbocycles. The third kappa shape index (κ3) is 7.22. The molecule has 2 aromatic rings. The fourth-order valence-corrected chi connectivity index (χ4v) is 4.25. The van der Waals surface area contributed by atoms with Crippen molar-refractivity contribution >= 4 is 0 Å². The zero-order chi connectivity index (χ0) is 25.9. The topological polar surface area (TPSA) is 66.4 Å². The van der Waals surface area contributed by atoms with Gasteiger partial charge in [0.1, 0.15) is 11.5 Å². The van der Waals surface area contributed by atoms with Gasteiger partial charge < -0.3 is 28.8 Å². The van der Waals surface area contributed by atoms with Crippen molar-refractivity contribution in [3.05, 3.63) is 41.0 Å². The first-order chi connectivity index (χ1) is 17.5. The maximum absolute atomic E-state index is 11.2. The molecule has 1 aliphatic heterocycles. The van der Waals surface area contributed by atoms with Crippen LogP contribution in [0.15, 0.2) is 24.3 Å². The van der Waals surface area contributed by atoms with Crippen molar-refractivity contribution in [1.82, 2.24) is 0 Å². The van der Waals surface area contributed by atoms with E-state index < -0.39 is 12.2 Å². The Morgan fingerprint density at radius 3 is 1.92 bits per heavy atom. The zero-order valence-electron chi connectivity index (χ0n) is 22.7. The van der Waals surface area contributed by atoms with Gasteiger partial charge >= 0.3 is 0 Å². The van der Waals surface area contributed by atoms with Crippen LogP contribution >= 0.6 is 0 Å². The molecule has 2 unspecified atom stereocenters. The predicted molar refractivity (Wildman–Crippen MR) is 143 cm³/mol. The van der Waals surface area contributed by atoms with E-state index in [1.807, 2.05) is 38.1 Å². The van der Waals surface area contributed by atoms with Crippen LogP contribution in [0.2, 0.25) is 0 Å². The minimum atomic E-state index is -0.738. The minimum Gasteiger partial charge on any atom is -0.493 e. The molecule has 0 saturated carbocycles. The summed E-state index contributed by atoms with van der Waals surface area (Å²) >= 11 is 0. The molecule has 2 atom stereocenters. The normalized spacial score (nSPS) is 16.7. The molecule has 6 nitrogen and oxygen atoms in total. The average molecular weight is 501 g/mol. The van der Waals surface area contributed by atoms with Crippen molar-refractivity contribution in [2.45, 2.75) is 91.8 Å². The predicted octanol–water partition coefficient (Wildman–Crippen LogP) is 6.97. The molecule has 6 heteroatoms. The monoisotopic (exact) mass is 500 g/mol. The molecule has 0 bridgehead atoms. The molecule has 36 heavy (non-hydrogen) atoms. The first-order valence-electron chi connectivity index (χ1n) is 13.7. The van der Waals surface area contributed by atoms with E-state index in [1.54, 1.807) is 0 Å². The van der Waals surface area contributed by atoms with Crippen LogP contribution in [0.4, 0.5) is 0 Å². The van der Waals surface area contributed by atoms with Gasteiger partial charge in [0.15, 0.2) is 17.6 Å². The summed E-state index contributed by atoms with van der Waals surface area (Å²) in [6.45, 7) is 12.7. The third-order valence-electron chi connectivity index (χ3n) is 6.26. The lowest BCUT2D eigenvalue weighted by Gasteiger charge is -2.33. The highest BCUT2D eigenvalue weighted by atomic mass is 16.5. The number of unbranched alkanes of at least 4 members (excludes halogenated alkanes) is 3. The summed E-state index contributed by atoms with van der Waals surface area (Å²) in [7, 11) is 0. The SMILES string of the molecule is CCCCOc1cc(C2Oc3cc(C)cc(OCC)c3CC2O)cc(OCCCC)c1OCCCC. The van der Waals surface area contributed by atoms with E-state index in [9.17, 15) is 5.11 Å². The van der Waals surface area contributed by atoms with Gasteiger partial charge in [-0.05, 0) is 62.9 Å². The first kappa shape index (κ1) is 28.0. The largest absolute Gasteiger partial charge is 0.493 e. The second-order valence-corrected chi connectivity index (χ2v) is 9.44.